The summed E-state index contributed by atoms with van der Waals surface area (Å²) in [4.78, 5) is 0. The topological polar surface area (TPSA) is 80.1 Å². The third-order valence-corrected chi connectivity index (χ3v) is 3.83. The second-order valence-corrected chi connectivity index (χ2v) is 5.22. The summed E-state index contributed by atoms with van der Waals surface area (Å²) in [5.74, 6) is 1.90. The standard InChI is InChI=1S/C17H20N4O2/c1-10-11(2)20-21-17(15(10)9-18)19-12(3)14-7-6-13(22-4)8-16(14)23-5/h6-8,12H,1-5H3,(H,19,21)/t12-/m1/s1. The minimum Gasteiger partial charge on any atom is -0.497 e. The lowest BCUT2D eigenvalue weighted by atomic mass is 10.1. The smallest absolute Gasteiger partial charge is 0.167 e. The Morgan fingerprint density at radius 2 is 1.91 bits per heavy atom. The van der Waals surface area contributed by atoms with Crippen molar-refractivity contribution < 1.29 is 9.47 Å². The average molecular weight is 312 g/mol. The third-order valence-electron chi connectivity index (χ3n) is 3.83. The van der Waals surface area contributed by atoms with E-state index in [2.05, 4.69) is 21.6 Å². The normalized spacial score (nSPS) is 11.5. The lowest BCUT2D eigenvalue weighted by Crippen LogP contribution is -2.12. The number of anilines is 1. The van der Waals surface area contributed by atoms with E-state index in [-0.39, 0.29) is 6.04 Å². The molecule has 1 N–H and O–H groups in total. The SMILES string of the molecule is COc1ccc([C@@H](C)Nc2nnc(C)c(C)c2C#N)c(OC)c1. The number of aryl methyl sites for hydroxylation is 1. The zero-order valence-corrected chi connectivity index (χ0v) is 14.0. The highest BCUT2D eigenvalue weighted by Gasteiger charge is 2.17. The van der Waals surface area contributed by atoms with E-state index in [1.807, 2.05) is 39.0 Å². The molecule has 0 saturated carbocycles. The molecule has 0 aliphatic carbocycles. The Morgan fingerprint density at radius 3 is 2.52 bits per heavy atom. The molecular weight excluding hydrogens is 292 g/mol. The number of rotatable bonds is 5. The summed E-state index contributed by atoms with van der Waals surface area (Å²) in [6.45, 7) is 5.68. The maximum absolute atomic E-state index is 9.38. The second-order valence-electron chi connectivity index (χ2n) is 5.22. The maximum Gasteiger partial charge on any atom is 0.167 e. The van der Waals surface area contributed by atoms with E-state index in [4.69, 9.17) is 9.47 Å². The van der Waals surface area contributed by atoms with Crippen molar-refractivity contribution >= 4 is 5.82 Å². The molecule has 0 fully saturated rings. The van der Waals surface area contributed by atoms with E-state index in [0.717, 1.165) is 22.6 Å². The number of hydrogen-bond donors (Lipinski definition) is 1. The zero-order valence-electron chi connectivity index (χ0n) is 14.0. The molecule has 1 aromatic heterocycles. The number of hydrogen-bond acceptors (Lipinski definition) is 6. The number of benzene rings is 1. The molecule has 23 heavy (non-hydrogen) atoms. The van der Waals surface area contributed by atoms with Crippen LogP contribution in [0.5, 0.6) is 11.5 Å². The van der Waals surface area contributed by atoms with Crippen LogP contribution in [0.15, 0.2) is 18.2 Å². The fraction of sp³-hybridized carbons (Fsp3) is 0.353. The van der Waals surface area contributed by atoms with Crippen molar-refractivity contribution in [2.75, 3.05) is 19.5 Å². The van der Waals surface area contributed by atoms with Gasteiger partial charge < -0.3 is 14.8 Å². The molecule has 0 amide bonds. The molecule has 0 radical (unpaired) electrons. The van der Waals surface area contributed by atoms with E-state index in [1.54, 1.807) is 14.2 Å². The summed E-state index contributed by atoms with van der Waals surface area (Å²) in [5.41, 5.74) is 3.04. The van der Waals surface area contributed by atoms with E-state index >= 15 is 0 Å². The second kappa shape index (κ2) is 6.97. The van der Waals surface area contributed by atoms with Crippen LogP contribution in [0.4, 0.5) is 5.82 Å². The highest BCUT2D eigenvalue weighted by atomic mass is 16.5. The summed E-state index contributed by atoms with van der Waals surface area (Å²) in [6, 6.07) is 7.70. The number of nitrogens with zero attached hydrogens (tertiary/aromatic N) is 3. The molecule has 0 aliphatic heterocycles. The number of nitrogens with one attached hydrogen (secondary N) is 1. The largest absolute Gasteiger partial charge is 0.497 e. The Morgan fingerprint density at radius 1 is 1.17 bits per heavy atom. The van der Waals surface area contributed by atoms with Gasteiger partial charge >= 0.3 is 0 Å². The summed E-state index contributed by atoms with van der Waals surface area (Å²) < 4.78 is 10.6. The summed E-state index contributed by atoms with van der Waals surface area (Å²) in [7, 11) is 3.22. The van der Waals surface area contributed by atoms with Crippen molar-refractivity contribution in [3.05, 3.63) is 40.6 Å². The van der Waals surface area contributed by atoms with Crippen molar-refractivity contribution in [3.63, 3.8) is 0 Å². The summed E-state index contributed by atoms with van der Waals surface area (Å²) in [5, 5.41) is 20.8. The molecule has 2 aromatic rings. The minimum atomic E-state index is -0.112. The first-order valence-electron chi connectivity index (χ1n) is 7.24. The van der Waals surface area contributed by atoms with Gasteiger partial charge in [0, 0.05) is 11.6 Å². The molecule has 1 aromatic carbocycles. The van der Waals surface area contributed by atoms with Crippen LogP contribution in [0.25, 0.3) is 0 Å². The monoisotopic (exact) mass is 312 g/mol. The fourth-order valence-corrected chi connectivity index (χ4v) is 2.31. The zero-order chi connectivity index (χ0) is 17.0. The van der Waals surface area contributed by atoms with Crippen molar-refractivity contribution in [3.8, 4) is 17.6 Å². The fourth-order valence-electron chi connectivity index (χ4n) is 2.31. The molecule has 0 aliphatic rings. The van der Waals surface area contributed by atoms with Gasteiger partial charge in [-0.25, -0.2) is 0 Å². The van der Waals surface area contributed by atoms with Gasteiger partial charge in [0.25, 0.3) is 0 Å². The van der Waals surface area contributed by atoms with Crippen LogP contribution >= 0.6 is 0 Å². The van der Waals surface area contributed by atoms with E-state index < -0.39 is 0 Å². The number of nitriles is 1. The van der Waals surface area contributed by atoms with Crippen molar-refractivity contribution in [1.82, 2.24) is 10.2 Å². The molecular formula is C17H20N4O2. The molecule has 6 nitrogen and oxygen atoms in total. The average Bonchev–Trinajstić information content (AvgIpc) is 2.57. The van der Waals surface area contributed by atoms with Crippen LogP contribution in [0.3, 0.4) is 0 Å². The van der Waals surface area contributed by atoms with Gasteiger partial charge in [-0.1, -0.05) is 0 Å². The van der Waals surface area contributed by atoms with Gasteiger partial charge in [0.05, 0.1) is 26.0 Å². The number of ether oxygens (including phenoxy) is 2. The lowest BCUT2D eigenvalue weighted by Gasteiger charge is -2.19. The Hall–Kier alpha value is -2.81. The predicted octanol–water partition coefficient (Wildman–Crippen LogP) is 3.16. The minimum absolute atomic E-state index is 0.112. The first kappa shape index (κ1) is 16.6. The molecule has 0 saturated heterocycles. The molecule has 120 valence electrons. The van der Waals surface area contributed by atoms with Gasteiger partial charge in [-0.2, -0.15) is 10.4 Å². The Labute approximate surface area is 136 Å². The molecule has 0 spiro atoms. The van der Waals surface area contributed by atoms with E-state index in [9.17, 15) is 5.26 Å². The van der Waals surface area contributed by atoms with Crippen LogP contribution in [0.2, 0.25) is 0 Å². The van der Waals surface area contributed by atoms with E-state index in [0.29, 0.717) is 17.1 Å². The lowest BCUT2D eigenvalue weighted by molar-refractivity contribution is 0.390. The summed E-state index contributed by atoms with van der Waals surface area (Å²) >= 11 is 0. The molecule has 1 atom stereocenters. The summed E-state index contributed by atoms with van der Waals surface area (Å²) in [6.07, 6.45) is 0. The molecule has 0 bridgehead atoms. The van der Waals surface area contributed by atoms with Gasteiger partial charge in [0.15, 0.2) is 5.82 Å². The highest BCUT2D eigenvalue weighted by Crippen LogP contribution is 2.31. The van der Waals surface area contributed by atoms with Gasteiger partial charge in [-0.3, -0.25) is 0 Å². The Bertz CT molecular complexity index is 753. The van der Waals surface area contributed by atoms with Crippen LogP contribution < -0.4 is 14.8 Å². The van der Waals surface area contributed by atoms with E-state index in [1.165, 1.54) is 0 Å². The molecule has 2 rings (SSSR count). The maximum atomic E-state index is 9.38. The first-order chi connectivity index (χ1) is 11.0. The van der Waals surface area contributed by atoms with Gasteiger partial charge in [-0.05, 0) is 38.5 Å². The van der Waals surface area contributed by atoms with Crippen LogP contribution in [0, 0.1) is 25.2 Å². The predicted molar refractivity (Wildman–Crippen MR) is 87.8 cm³/mol. The third kappa shape index (κ3) is 3.34. The van der Waals surface area contributed by atoms with Crippen molar-refractivity contribution in [1.29, 1.82) is 5.26 Å². The van der Waals surface area contributed by atoms with Gasteiger partial charge in [-0.15, -0.1) is 5.10 Å². The quantitative estimate of drug-likeness (QED) is 0.913. The Kier molecular flexibility index (Phi) is 5.02. The number of methoxy groups -OCH3 is 2. The first-order valence-corrected chi connectivity index (χ1v) is 7.24. The van der Waals surface area contributed by atoms with Gasteiger partial charge in [0.2, 0.25) is 0 Å². The molecule has 6 heteroatoms. The van der Waals surface area contributed by atoms with Crippen molar-refractivity contribution in [2.45, 2.75) is 26.8 Å². The number of aromatic nitrogens is 2. The van der Waals surface area contributed by atoms with Gasteiger partial charge in [0.1, 0.15) is 23.1 Å². The Balaban J connectivity index is 2.35. The molecule has 1 heterocycles. The van der Waals surface area contributed by atoms with Crippen molar-refractivity contribution in [2.24, 2.45) is 0 Å². The van der Waals surface area contributed by atoms with Crippen LogP contribution in [0.1, 0.15) is 35.3 Å². The van der Waals surface area contributed by atoms with Crippen LogP contribution in [-0.4, -0.2) is 24.4 Å². The van der Waals surface area contributed by atoms with Crippen LogP contribution in [-0.2, 0) is 0 Å². The highest BCUT2D eigenvalue weighted by molar-refractivity contribution is 5.57. The molecule has 0 unspecified atom stereocenters.